The molecule has 132 valence electrons. The molecule has 0 N–H and O–H groups in total. The molecule has 6 heteroatoms. The first-order valence-corrected chi connectivity index (χ1v) is 9.36. The molecular weight excluding hydrogens is 372 g/mol. The van der Waals surface area contributed by atoms with Crippen LogP contribution in [-0.2, 0) is 35.9 Å². The summed E-state index contributed by atoms with van der Waals surface area (Å²) in [6.07, 6.45) is 3.86. The van der Waals surface area contributed by atoms with Gasteiger partial charge in [-0.25, -0.2) is 4.79 Å². The van der Waals surface area contributed by atoms with E-state index in [0.717, 1.165) is 53.1 Å². The van der Waals surface area contributed by atoms with Gasteiger partial charge in [-0.2, -0.15) is 0 Å². The lowest BCUT2D eigenvalue weighted by atomic mass is 9.98. The minimum Gasteiger partial charge on any atom is -0.500 e. The Morgan fingerprint density at radius 2 is 1.96 bits per heavy atom. The first kappa shape index (κ1) is 17.5. The predicted molar refractivity (Wildman–Crippen MR) is 96.3 cm³/mol. The molecule has 0 amide bonds. The van der Waals surface area contributed by atoms with Gasteiger partial charge in [0.2, 0.25) is 0 Å². The highest BCUT2D eigenvalue weighted by molar-refractivity contribution is 9.11. The summed E-state index contributed by atoms with van der Waals surface area (Å²) in [6, 6.07) is 0. The van der Waals surface area contributed by atoms with Crippen LogP contribution in [0.3, 0.4) is 0 Å². The van der Waals surface area contributed by atoms with E-state index < -0.39 is 0 Å². The number of rotatable bonds is 5. The first-order chi connectivity index (χ1) is 11.6. The number of methoxy groups -OCH3 is 1. The molecule has 1 aromatic heterocycles. The number of aromatic nitrogens is 1. The molecule has 1 fully saturated rings. The van der Waals surface area contributed by atoms with Crippen molar-refractivity contribution in [2.75, 3.05) is 26.8 Å². The van der Waals surface area contributed by atoms with Crippen LogP contribution in [0.4, 0.5) is 0 Å². The summed E-state index contributed by atoms with van der Waals surface area (Å²) >= 11 is 3.62. The van der Waals surface area contributed by atoms with Crippen LogP contribution in [0, 0.1) is 0 Å². The van der Waals surface area contributed by atoms with Crippen molar-refractivity contribution >= 4 is 21.9 Å². The van der Waals surface area contributed by atoms with Crippen LogP contribution in [0.2, 0.25) is 0 Å². The topological polar surface area (TPSA) is 43.7 Å². The van der Waals surface area contributed by atoms with Crippen LogP contribution in [0.5, 0.6) is 0 Å². The van der Waals surface area contributed by atoms with E-state index in [0.29, 0.717) is 13.0 Å². The highest BCUT2D eigenvalue weighted by Gasteiger charge is 2.32. The van der Waals surface area contributed by atoms with Crippen molar-refractivity contribution in [1.29, 1.82) is 0 Å². The molecule has 0 saturated carbocycles. The molecule has 1 aliphatic carbocycles. The van der Waals surface area contributed by atoms with Gasteiger partial charge in [0.05, 0.1) is 19.3 Å². The van der Waals surface area contributed by atoms with Crippen LogP contribution in [0.25, 0.3) is 0 Å². The molecule has 3 rings (SSSR count). The fraction of sp³-hybridized carbons (Fsp3) is 0.611. The lowest BCUT2D eigenvalue weighted by molar-refractivity contribution is 0.0522. The first-order valence-electron chi connectivity index (χ1n) is 8.57. The number of allylic oxidation sites excluding steroid dienone is 2. The molecule has 0 spiro atoms. The minimum atomic E-state index is -0.211. The van der Waals surface area contributed by atoms with Gasteiger partial charge >= 0.3 is 5.97 Å². The number of hydrogen-bond acceptors (Lipinski definition) is 4. The zero-order chi connectivity index (χ0) is 17.3. The van der Waals surface area contributed by atoms with Crippen molar-refractivity contribution in [3.05, 3.63) is 32.8 Å². The second-order valence-electron chi connectivity index (χ2n) is 6.40. The van der Waals surface area contributed by atoms with E-state index in [1.165, 1.54) is 18.5 Å². The summed E-state index contributed by atoms with van der Waals surface area (Å²) in [4.78, 5) is 15.1. The standard InChI is InChI=1S/C18H25BrN2O3/c1-4-24-18(22)17-12-9-16(23-3)13(19)10-14(12)20(2)15(17)11-21-7-5-6-8-21/h4-11H2,1-3H3. The van der Waals surface area contributed by atoms with Crippen molar-refractivity contribution in [1.82, 2.24) is 9.47 Å². The summed E-state index contributed by atoms with van der Waals surface area (Å²) in [5.74, 6) is 0.684. The number of likely N-dealkylation sites (tertiary alicyclic amines) is 1. The molecule has 0 bridgehead atoms. The quantitative estimate of drug-likeness (QED) is 0.717. The zero-order valence-corrected chi connectivity index (χ0v) is 16.2. The molecule has 0 radical (unpaired) electrons. The van der Waals surface area contributed by atoms with Gasteiger partial charge in [0.25, 0.3) is 0 Å². The van der Waals surface area contributed by atoms with Crippen molar-refractivity contribution in [3.8, 4) is 0 Å². The van der Waals surface area contributed by atoms with E-state index in [1.807, 2.05) is 6.92 Å². The van der Waals surface area contributed by atoms with E-state index in [-0.39, 0.29) is 5.97 Å². The highest BCUT2D eigenvalue weighted by Crippen LogP contribution is 2.36. The van der Waals surface area contributed by atoms with Gasteiger partial charge in [-0.05, 0) is 38.4 Å². The number of nitrogens with zero attached hydrogens (tertiary/aromatic N) is 2. The van der Waals surface area contributed by atoms with Crippen LogP contribution in [0.15, 0.2) is 10.2 Å². The summed E-state index contributed by atoms with van der Waals surface area (Å²) in [6.45, 7) is 5.25. The van der Waals surface area contributed by atoms with Gasteiger partial charge in [-0.1, -0.05) is 15.9 Å². The molecule has 0 aromatic carbocycles. The van der Waals surface area contributed by atoms with Crippen molar-refractivity contribution < 1.29 is 14.3 Å². The number of carbonyl (C=O) groups is 1. The van der Waals surface area contributed by atoms with E-state index in [1.54, 1.807) is 7.11 Å². The number of halogens is 1. The monoisotopic (exact) mass is 396 g/mol. The fourth-order valence-electron chi connectivity index (χ4n) is 3.73. The molecule has 2 aliphatic rings. The average Bonchev–Trinajstić information content (AvgIpc) is 3.15. The van der Waals surface area contributed by atoms with E-state index >= 15 is 0 Å². The van der Waals surface area contributed by atoms with Gasteiger partial charge in [0, 0.05) is 42.3 Å². The normalized spacial score (nSPS) is 18.0. The zero-order valence-electron chi connectivity index (χ0n) is 14.7. The van der Waals surface area contributed by atoms with Gasteiger partial charge in [-0.3, -0.25) is 4.90 Å². The maximum atomic E-state index is 12.7. The van der Waals surface area contributed by atoms with Crippen molar-refractivity contribution in [2.45, 2.75) is 39.2 Å². The van der Waals surface area contributed by atoms with Crippen LogP contribution < -0.4 is 0 Å². The summed E-state index contributed by atoms with van der Waals surface area (Å²) in [5, 5.41) is 0. The van der Waals surface area contributed by atoms with E-state index in [2.05, 4.69) is 32.4 Å². The molecule has 24 heavy (non-hydrogen) atoms. The highest BCUT2D eigenvalue weighted by atomic mass is 79.9. The predicted octanol–water partition coefficient (Wildman–Crippen LogP) is 3.15. The maximum absolute atomic E-state index is 12.7. The Morgan fingerprint density at radius 3 is 2.58 bits per heavy atom. The van der Waals surface area contributed by atoms with Crippen molar-refractivity contribution in [2.24, 2.45) is 7.05 Å². The third-order valence-corrected chi connectivity index (χ3v) is 5.73. The van der Waals surface area contributed by atoms with Crippen LogP contribution in [-0.4, -0.2) is 42.2 Å². The Labute approximate surface area is 151 Å². The Morgan fingerprint density at radius 1 is 1.25 bits per heavy atom. The third-order valence-electron chi connectivity index (χ3n) is 5.01. The lowest BCUT2D eigenvalue weighted by Gasteiger charge is -2.18. The molecule has 1 aliphatic heterocycles. The second-order valence-corrected chi connectivity index (χ2v) is 7.35. The molecule has 0 atom stereocenters. The van der Waals surface area contributed by atoms with Crippen molar-refractivity contribution in [3.63, 3.8) is 0 Å². The number of esters is 1. The van der Waals surface area contributed by atoms with Gasteiger partial charge in [0.15, 0.2) is 0 Å². The number of hydrogen-bond donors (Lipinski definition) is 0. The molecule has 1 aromatic rings. The Hall–Kier alpha value is -1.27. The van der Waals surface area contributed by atoms with E-state index in [9.17, 15) is 4.79 Å². The summed E-state index contributed by atoms with van der Waals surface area (Å²) in [5.41, 5.74) is 4.05. The average molecular weight is 397 g/mol. The largest absolute Gasteiger partial charge is 0.500 e. The second kappa shape index (κ2) is 7.31. The fourth-order valence-corrected chi connectivity index (χ4v) is 4.30. The smallest absolute Gasteiger partial charge is 0.340 e. The Bertz CT molecular complexity index is 672. The number of ether oxygens (including phenoxy) is 2. The van der Waals surface area contributed by atoms with Crippen LogP contribution in [0.1, 0.15) is 47.1 Å². The van der Waals surface area contributed by atoms with E-state index in [4.69, 9.17) is 9.47 Å². The van der Waals surface area contributed by atoms with Crippen LogP contribution >= 0.6 is 15.9 Å². The summed E-state index contributed by atoms with van der Waals surface area (Å²) < 4.78 is 14.1. The third kappa shape index (κ3) is 3.14. The Balaban J connectivity index is 2.03. The SMILES string of the molecule is CCOC(=O)c1c2c(n(C)c1CN1CCCC1)CC(Br)=C(OC)C2. The number of carbonyl (C=O) groups excluding carboxylic acids is 1. The Kier molecular flexibility index (Phi) is 5.35. The van der Waals surface area contributed by atoms with Gasteiger partial charge < -0.3 is 14.0 Å². The van der Waals surface area contributed by atoms with Gasteiger partial charge in [-0.15, -0.1) is 0 Å². The minimum absolute atomic E-state index is 0.211. The van der Waals surface area contributed by atoms with Gasteiger partial charge in [0.1, 0.15) is 5.76 Å². The molecule has 5 nitrogen and oxygen atoms in total. The maximum Gasteiger partial charge on any atom is 0.340 e. The summed E-state index contributed by atoms with van der Waals surface area (Å²) in [7, 11) is 3.74. The lowest BCUT2D eigenvalue weighted by Crippen LogP contribution is -2.22. The molecule has 2 heterocycles. The number of fused-ring (bicyclic) bond motifs is 1. The molecule has 1 saturated heterocycles. The molecule has 0 unspecified atom stereocenters. The molecular formula is C18H25BrN2O3.